The molecule has 0 radical (unpaired) electrons. The molecule has 0 bridgehead atoms. The molecule has 1 atom stereocenters. The molecule has 0 spiro atoms. The largest absolute Gasteiger partial charge is 0.497 e. The van der Waals surface area contributed by atoms with Crippen molar-refractivity contribution in [2.75, 3.05) is 7.11 Å². The van der Waals surface area contributed by atoms with Gasteiger partial charge in [-0.25, -0.2) is 14.0 Å². The van der Waals surface area contributed by atoms with Gasteiger partial charge in [-0.05, 0) is 30.7 Å². The van der Waals surface area contributed by atoms with Crippen LogP contribution in [0.15, 0.2) is 47.6 Å². The number of methoxy groups -OCH3 is 1. The lowest BCUT2D eigenvalue weighted by Gasteiger charge is -2.03. The second kappa shape index (κ2) is 6.21. The number of hydrogen-bond acceptors (Lipinski definition) is 5. The number of nitrogens with one attached hydrogen (secondary N) is 1. The van der Waals surface area contributed by atoms with Crippen LogP contribution in [0.3, 0.4) is 0 Å². The predicted molar refractivity (Wildman–Crippen MR) is 85.6 cm³/mol. The number of nitrogens with zero attached hydrogens (tertiary/aromatic N) is 1. The van der Waals surface area contributed by atoms with E-state index < -0.39 is 17.0 Å². The molecule has 3 rings (SSSR count). The van der Waals surface area contributed by atoms with Gasteiger partial charge in [-0.2, -0.15) is 0 Å². The average Bonchev–Trinajstić information content (AvgIpc) is 2.98. The van der Waals surface area contributed by atoms with E-state index in [1.54, 1.807) is 50.4 Å². The summed E-state index contributed by atoms with van der Waals surface area (Å²) in [5, 5.41) is 0.0789. The summed E-state index contributed by atoms with van der Waals surface area (Å²) in [5.74, 6) is -0.00476. The van der Waals surface area contributed by atoms with Gasteiger partial charge in [0, 0.05) is 6.07 Å². The molecule has 1 aromatic heterocycles. The first-order valence-corrected chi connectivity index (χ1v) is 7.90. The summed E-state index contributed by atoms with van der Waals surface area (Å²) in [6, 6.07) is 12.1. The summed E-state index contributed by atoms with van der Waals surface area (Å²) in [4.78, 5) is 19.1. The van der Waals surface area contributed by atoms with Crippen LogP contribution in [-0.2, 0) is 15.3 Å². The minimum Gasteiger partial charge on any atom is -0.497 e. The highest BCUT2D eigenvalue weighted by Crippen LogP contribution is 2.20. The van der Waals surface area contributed by atoms with Gasteiger partial charge >= 0.3 is 5.97 Å². The number of imidazole rings is 1. The maximum atomic E-state index is 12.2. The fraction of sp³-hybridized carbons (Fsp3) is 0.125. The Bertz CT molecular complexity index is 904. The third kappa shape index (κ3) is 3.09. The van der Waals surface area contributed by atoms with Gasteiger partial charge in [-0.15, -0.1) is 0 Å². The number of aromatic amines is 1. The quantitative estimate of drug-likeness (QED) is 0.795. The third-order valence-electron chi connectivity index (χ3n) is 3.34. The predicted octanol–water partition coefficient (Wildman–Crippen LogP) is 2.76. The van der Waals surface area contributed by atoms with Crippen molar-refractivity contribution in [3.8, 4) is 5.75 Å². The third-order valence-corrected chi connectivity index (χ3v) is 4.15. The molecule has 0 amide bonds. The molecule has 0 saturated carbocycles. The molecule has 1 N–H and O–H groups in total. The molecular formula is C16H14N2O4S. The Balaban J connectivity index is 1.83. The molecule has 7 heteroatoms. The summed E-state index contributed by atoms with van der Waals surface area (Å²) in [6.45, 7) is 1.78. The van der Waals surface area contributed by atoms with E-state index in [4.69, 9.17) is 8.92 Å². The SMILES string of the molecule is COc1ccc2nc(S(=O)OC(=O)c3ccccc3C)[nH]c2c1. The van der Waals surface area contributed by atoms with Crippen LogP contribution in [-0.4, -0.2) is 27.3 Å². The fourth-order valence-electron chi connectivity index (χ4n) is 2.13. The molecule has 0 aliphatic rings. The highest BCUT2D eigenvalue weighted by Gasteiger charge is 2.18. The van der Waals surface area contributed by atoms with Gasteiger partial charge in [0.05, 0.1) is 23.7 Å². The number of fused-ring (bicyclic) bond motifs is 1. The lowest BCUT2D eigenvalue weighted by molar-refractivity contribution is 0.0756. The van der Waals surface area contributed by atoms with Crippen LogP contribution in [0.5, 0.6) is 5.75 Å². The Morgan fingerprint density at radius 1 is 1.22 bits per heavy atom. The van der Waals surface area contributed by atoms with Gasteiger partial charge in [-0.1, -0.05) is 18.2 Å². The molecule has 118 valence electrons. The lowest BCUT2D eigenvalue weighted by Crippen LogP contribution is -2.10. The first-order valence-electron chi connectivity index (χ1n) is 6.82. The summed E-state index contributed by atoms with van der Waals surface area (Å²) in [6.07, 6.45) is 0. The summed E-state index contributed by atoms with van der Waals surface area (Å²) >= 11 is -2.02. The van der Waals surface area contributed by atoms with Crippen LogP contribution >= 0.6 is 0 Å². The standard InChI is InChI=1S/C16H14N2O4S/c1-10-5-3-4-6-12(10)15(19)22-23(20)16-17-13-8-7-11(21-2)9-14(13)18-16/h3-9H,1-2H3,(H,17,18). The van der Waals surface area contributed by atoms with E-state index in [2.05, 4.69) is 9.97 Å². The van der Waals surface area contributed by atoms with Crippen LogP contribution < -0.4 is 4.74 Å². The van der Waals surface area contributed by atoms with Crippen LogP contribution in [0, 0.1) is 6.92 Å². The Morgan fingerprint density at radius 3 is 2.74 bits per heavy atom. The van der Waals surface area contributed by atoms with Crippen molar-refractivity contribution in [2.45, 2.75) is 12.1 Å². The average molecular weight is 330 g/mol. The number of aryl methyl sites for hydroxylation is 1. The lowest BCUT2D eigenvalue weighted by atomic mass is 10.1. The molecule has 2 aromatic carbocycles. The number of rotatable bonds is 4. The fourth-order valence-corrected chi connectivity index (χ4v) is 2.80. The summed E-state index contributed by atoms with van der Waals surface area (Å²) in [5.41, 5.74) is 2.39. The van der Waals surface area contributed by atoms with Crippen LogP contribution in [0.2, 0.25) is 0 Å². The Morgan fingerprint density at radius 2 is 2.00 bits per heavy atom. The number of carbonyl (C=O) groups excluding carboxylic acids is 1. The molecule has 3 aromatic rings. The van der Waals surface area contributed by atoms with Gasteiger partial charge in [0.2, 0.25) is 5.16 Å². The molecular weight excluding hydrogens is 316 g/mol. The molecule has 6 nitrogen and oxygen atoms in total. The van der Waals surface area contributed by atoms with Gasteiger partial charge in [-0.3, -0.25) is 0 Å². The zero-order valence-electron chi connectivity index (χ0n) is 12.5. The summed E-state index contributed by atoms with van der Waals surface area (Å²) < 4.78 is 22.3. The monoisotopic (exact) mass is 330 g/mol. The highest BCUT2D eigenvalue weighted by atomic mass is 32.2. The smallest absolute Gasteiger partial charge is 0.352 e. The second-order valence-electron chi connectivity index (χ2n) is 4.85. The highest BCUT2D eigenvalue weighted by molar-refractivity contribution is 7.80. The number of hydrogen-bond donors (Lipinski definition) is 1. The van der Waals surface area contributed by atoms with E-state index in [-0.39, 0.29) is 5.16 Å². The minimum absolute atomic E-state index is 0.0789. The van der Waals surface area contributed by atoms with Gasteiger partial charge in [0.25, 0.3) is 11.1 Å². The van der Waals surface area contributed by atoms with E-state index in [0.29, 0.717) is 22.3 Å². The Hall–Kier alpha value is -2.67. The van der Waals surface area contributed by atoms with Crippen molar-refractivity contribution < 1.29 is 17.9 Å². The molecule has 1 unspecified atom stereocenters. The van der Waals surface area contributed by atoms with E-state index in [0.717, 1.165) is 5.56 Å². The molecule has 23 heavy (non-hydrogen) atoms. The number of ether oxygens (including phenoxy) is 1. The molecule has 0 saturated heterocycles. The van der Waals surface area contributed by atoms with Crippen LogP contribution in [0.1, 0.15) is 15.9 Å². The first kappa shape index (κ1) is 15.2. The first-order chi connectivity index (χ1) is 11.1. The maximum absolute atomic E-state index is 12.2. The molecule has 1 heterocycles. The van der Waals surface area contributed by atoms with Crippen molar-refractivity contribution in [1.82, 2.24) is 9.97 Å². The van der Waals surface area contributed by atoms with Crippen molar-refractivity contribution >= 4 is 28.1 Å². The molecule has 0 aliphatic carbocycles. The molecule has 0 aliphatic heterocycles. The van der Waals surface area contributed by atoms with Crippen LogP contribution in [0.25, 0.3) is 11.0 Å². The topological polar surface area (TPSA) is 81.3 Å². The zero-order valence-corrected chi connectivity index (χ0v) is 13.3. The van der Waals surface area contributed by atoms with E-state index in [1.807, 2.05) is 6.07 Å². The minimum atomic E-state index is -2.02. The maximum Gasteiger partial charge on any atom is 0.352 e. The number of aromatic nitrogens is 2. The summed E-state index contributed by atoms with van der Waals surface area (Å²) in [7, 11) is 1.56. The van der Waals surface area contributed by atoms with Gasteiger partial charge in [0.1, 0.15) is 5.75 Å². The number of H-pyrrole nitrogens is 1. The van der Waals surface area contributed by atoms with Gasteiger partial charge in [0.15, 0.2) is 0 Å². The Kier molecular flexibility index (Phi) is 4.12. The van der Waals surface area contributed by atoms with Crippen LogP contribution in [0.4, 0.5) is 0 Å². The number of benzene rings is 2. The zero-order chi connectivity index (χ0) is 16.4. The Labute approximate surface area is 135 Å². The van der Waals surface area contributed by atoms with E-state index in [1.165, 1.54) is 0 Å². The van der Waals surface area contributed by atoms with Gasteiger partial charge < -0.3 is 13.9 Å². The second-order valence-corrected chi connectivity index (χ2v) is 5.87. The molecule has 0 fully saturated rings. The number of carbonyl (C=O) groups is 1. The van der Waals surface area contributed by atoms with Crippen molar-refractivity contribution in [2.24, 2.45) is 0 Å². The van der Waals surface area contributed by atoms with Crippen molar-refractivity contribution in [3.63, 3.8) is 0 Å². The van der Waals surface area contributed by atoms with E-state index >= 15 is 0 Å². The van der Waals surface area contributed by atoms with Crippen molar-refractivity contribution in [1.29, 1.82) is 0 Å². The van der Waals surface area contributed by atoms with Crippen molar-refractivity contribution in [3.05, 3.63) is 53.6 Å². The van der Waals surface area contributed by atoms with E-state index in [9.17, 15) is 9.00 Å². The normalized spacial score (nSPS) is 12.1.